The summed E-state index contributed by atoms with van der Waals surface area (Å²) in [6.07, 6.45) is 7.09. The summed E-state index contributed by atoms with van der Waals surface area (Å²) < 4.78 is 5.55. The topological polar surface area (TPSA) is 71.3 Å². The Hall–Kier alpha value is -2.41. The molecule has 1 aromatic carbocycles. The number of hydrogen-bond donors (Lipinski definition) is 1. The van der Waals surface area contributed by atoms with Crippen molar-refractivity contribution in [1.82, 2.24) is 20.2 Å². The van der Waals surface area contributed by atoms with Crippen LogP contribution in [0.5, 0.6) is 0 Å². The minimum atomic E-state index is -0.272. The molecular formula is C21H20Cl2N4O2. The third-order valence-corrected chi connectivity index (χ3v) is 5.47. The molecule has 29 heavy (non-hydrogen) atoms. The van der Waals surface area contributed by atoms with Gasteiger partial charge in [0.15, 0.2) is 5.69 Å². The van der Waals surface area contributed by atoms with Crippen molar-refractivity contribution in [3.8, 4) is 0 Å². The Labute approximate surface area is 178 Å². The minimum absolute atomic E-state index is 0.272. The smallest absolute Gasteiger partial charge is 0.273 e. The molecule has 2 aromatic heterocycles. The number of carbonyl (C=O) groups excluding carboxylic acids is 1. The van der Waals surface area contributed by atoms with Crippen LogP contribution in [0.15, 0.2) is 53.4 Å². The zero-order chi connectivity index (χ0) is 20.2. The quantitative estimate of drug-likeness (QED) is 0.570. The van der Waals surface area contributed by atoms with E-state index in [1.54, 1.807) is 18.5 Å². The van der Waals surface area contributed by atoms with Crippen LogP contribution in [0.1, 0.15) is 40.3 Å². The zero-order valence-corrected chi connectivity index (χ0v) is 17.2. The molecule has 4 rings (SSSR count). The zero-order valence-electron chi connectivity index (χ0n) is 15.6. The van der Waals surface area contributed by atoms with Gasteiger partial charge in [0.25, 0.3) is 5.91 Å². The lowest BCUT2D eigenvalue weighted by Gasteiger charge is -2.20. The van der Waals surface area contributed by atoms with E-state index in [1.165, 1.54) is 6.26 Å². The highest BCUT2D eigenvalue weighted by Crippen LogP contribution is 2.31. The summed E-state index contributed by atoms with van der Waals surface area (Å²) >= 11 is 12.1. The Kier molecular flexibility index (Phi) is 6.13. The second-order valence-electron chi connectivity index (χ2n) is 7.06. The first kappa shape index (κ1) is 19.9. The first-order chi connectivity index (χ1) is 14.1. The average Bonchev–Trinajstić information content (AvgIpc) is 3.48. The van der Waals surface area contributed by atoms with Crippen molar-refractivity contribution in [1.29, 1.82) is 0 Å². The molecule has 2 heterocycles. The van der Waals surface area contributed by atoms with Crippen LogP contribution in [-0.4, -0.2) is 26.8 Å². The summed E-state index contributed by atoms with van der Waals surface area (Å²) in [5, 5.41) is 3.92. The molecule has 1 amide bonds. The molecule has 6 nitrogen and oxygen atoms in total. The normalized spacial score (nSPS) is 13.6. The second-order valence-corrected chi connectivity index (χ2v) is 7.87. The number of carbonyl (C=O) groups is 1. The SMILES string of the molecule is O=C(NCc1cccnc1)c1coc(CN(Cc2ccc(Cl)c(Cl)c2)C2CC2)n1. The lowest BCUT2D eigenvalue weighted by molar-refractivity contribution is 0.0945. The van der Waals surface area contributed by atoms with Gasteiger partial charge >= 0.3 is 0 Å². The van der Waals surface area contributed by atoms with Crippen molar-refractivity contribution in [2.75, 3.05) is 0 Å². The minimum Gasteiger partial charge on any atom is -0.447 e. The van der Waals surface area contributed by atoms with E-state index in [0.717, 1.165) is 24.0 Å². The lowest BCUT2D eigenvalue weighted by atomic mass is 10.2. The monoisotopic (exact) mass is 430 g/mol. The largest absolute Gasteiger partial charge is 0.447 e. The van der Waals surface area contributed by atoms with Crippen LogP contribution in [-0.2, 0) is 19.6 Å². The summed E-state index contributed by atoms with van der Waals surface area (Å²) in [5.74, 6) is 0.245. The van der Waals surface area contributed by atoms with E-state index >= 15 is 0 Å². The van der Waals surface area contributed by atoms with Crippen LogP contribution in [0, 0.1) is 0 Å². The Balaban J connectivity index is 1.37. The summed E-state index contributed by atoms with van der Waals surface area (Å²) in [5.41, 5.74) is 2.27. The maximum Gasteiger partial charge on any atom is 0.273 e. The maximum absolute atomic E-state index is 12.3. The molecule has 0 radical (unpaired) electrons. The standard InChI is InChI=1S/C21H20Cl2N4O2/c22-17-6-3-14(8-18(17)23)11-27(16-4-5-16)12-20-26-19(13-29-20)21(28)25-10-15-2-1-7-24-9-15/h1-3,6-9,13,16H,4-5,10-12H2,(H,25,28). The molecule has 0 spiro atoms. The van der Waals surface area contributed by atoms with Gasteiger partial charge in [0.2, 0.25) is 5.89 Å². The van der Waals surface area contributed by atoms with Crippen molar-refractivity contribution in [2.24, 2.45) is 0 Å². The number of benzene rings is 1. The fourth-order valence-electron chi connectivity index (χ4n) is 3.06. The molecule has 3 aromatic rings. The third-order valence-electron chi connectivity index (χ3n) is 4.73. The number of amides is 1. The van der Waals surface area contributed by atoms with E-state index in [2.05, 4.69) is 20.2 Å². The van der Waals surface area contributed by atoms with Gasteiger partial charge in [-0.05, 0) is 42.2 Å². The lowest BCUT2D eigenvalue weighted by Crippen LogP contribution is -2.26. The molecule has 1 aliphatic carbocycles. The van der Waals surface area contributed by atoms with Crippen molar-refractivity contribution in [2.45, 2.75) is 38.5 Å². The highest BCUT2D eigenvalue weighted by molar-refractivity contribution is 6.42. The Morgan fingerprint density at radius 2 is 2.03 bits per heavy atom. The van der Waals surface area contributed by atoms with Crippen LogP contribution in [0.4, 0.5) is 0 Å². The van der Waals surface area contributed by atoms with E-state index in [0.29, 0.717) is 41.6 Å². The number of pyridine rings is 1. The molecule has 1 aliphatic rings. The fourth-order valence-corrected chi connectivity index (χ4v) is 3.38. The number of aromatic nitrogens is 2. The van der Waals surface area contributed by atoms with Crippen molar-refractivity contribution >= 4 is 29.1 Å². The number of nitrogens with zero attached hydrogens (tertiary/aromatic N) is 3. The predicted octanol–water partition coefficient (Wildman–Crippen LogP) is 4.47. The first-order valence-corrected chi connectivity index (χ1v) is 10.1. The van der Waals surface area contributed by atoms with Gasteiger partial charge in [0.05, 0.1) is 16.6 Å². The molecule has 8 heteroatoms. The van der Waals surface area contributed by atoms with Crippen molar-refractivity contribution < 1.29 is 9.21 Å². The van der Waals surface area contributed by atoms with Crippen LogP contribution in [0.3, 0.4) is 0 Å². The number of halogens is 2. The highest BCUT2D eigenvalue weighted by atomic mass is 35.5. The van der Waals surface area contributed by atoms with E-state index < -0.39 is 0 Å². The van der Waals surface area contributed by atoms with Gasteiger partial charge < -0.3 is 9.73 Å². The maximum atomic E-state index is 12.3. The van der Waals surface area contributed by atoms with Crippen molar-refractivity contribution in [3.05, 3.63) is 81.7 Å². The molecule has 0 saturated heterocycles. The molecule has 0 aliphatic heterocycles. The van der Waals surface area contributed by atoms with Gasteiger partial charge in [-0.25, -0.2) is 4.98 Å². The molecular weight excluding hydrogens is 411 g/mol. The molecule has 1 N–H and O–H groups in total. The number of nitrogens with one attached hydrogen (secondary N) is 1. The highest BCUT2D eigenvalue weighted by Gasteiger charge is 2.30. The molecule has 0 atom stereocenters. The Morgan fingerprint density at radius 1 is 1.17 bits per heavy atom. The van der Waals surface area contributed by atoms with Gasteiger partial charge in [-0.15, -0.1) is 0 Å². The predicted molar refractivity (Wildman–Crippen MR) is 111 cm³/mol. The van der Waals surface area contributed by atoms with Crippen LogP contribution < -0.4 is 5.32 Å². The summed E-state index contributed by atoms with van der Waals surface area (Å²) in [6, 6.07) is 9.87. The van der Waals surface area contributed by atoms with Gasteiger partial charge in [0, 0.05) is 31.5 Å². The van der Waals surface area contributed by atoms with E-state index in [9.17, 15) is 4.79 Å². The van der Waals surface area contributed by atoms with Crippen LogP contribution in [0.2, 0.25) is 10.0 Å². The summed E-state index contributed by atoms with van der Waals surface area (Å²) in [7, 11) is 0. The average molecular weight is 431 g/mol. The molecule has 1 fully saturated rings. The van der Waals surface area contributed by atoms with E-state index in [-0.39, 0.29) is 11.6 Å². The number of oxazole rings is 1. The Morgan fingerprint density at radius 3 is 2.76 bits per heavy atom. The second kappa shape index (κ2) is 8.95. The van der Waals surface area contributed by atoms with Crippen LogP contribution in [0.25, 0.3) is 0 Å². The fraction of sp³-hybridized carbons (Fsp3) is 0.286. The van der Waals surface area contributed by atoms with Gasteiger partial charge in [-0.3, -0.25) is 14.7 Å². The summed E-state index contributed by atoms with van der Waals surface area (Å²) in [4.78, 5) is 23.0. The number of rotatable bonds is 8. The molecule has 0 unspecified atom stereocenters. The van der Waals surface area contributed by atoms with Crippen molar-refractivity contribution in [3.63, 3.8) is 0 Å². The van der Waals surface area contributed by atoms with Gasteiger partial charge in [0.1, 0.15) is 6.26 Å². The molecule has 150 valence electrons. The van der Waals surface area contributed by atoms with E-state index in [1.807, 2.05) is 24.3 Å². The molecule has 1 saturated carbocycles. The van der Waals surface area contributed by atoms with Crippen LogP contribution >= 0.6 is 23.2 Å². The molecule has 0 bridgehead atoms. The van der Waals surface area contributed by atoms with Gasteiger partial charge in [-0.1, -0.05) is 35.3 Å². The third kappa shape index (κ3) is 5.35. The summed E-state index contributed by atoms with van der Waals surface area (Å²) in [6.45, 7) is 1.63. The van der Waals surface area contributed by atoms with E-state index in [4.69, 9.17) is 27.6 Å². The first-order valence-electron chi connectivity index (χ1n) is 9.38. The Bertz CT molecular complexity index is 989. The number of hydrogen-bond acceptors (Lipinski definition) is 5. The van der Waals surface area contributed by atoms with Gasteiger partial charge in [-0.2, -0.15) is 0 Å².